The molecule has 2 amide bonds. The molecular weight excluding hydrogens is 729 g/mol. The minimum atomic E-state index is -0.975. The Morgan fingerprint density at radius 2 is 1.95 bits per heavy atom. The van der Waals surface area contributed by atoms with Crippen molar-refractivity contribution in [3.63, 3.8) is 0 Å². The summed E-state index contributed by atoms with van der Waals surface area (Å²) in [6.07, 6.45) is 1.12. The van der Waals surface area contributed by atoms with Gasteiger partial charge in [0.15, 0.2) is 0 Å². The van der Waals surface area contributed by atoms with Crippen LogP contribution >= 0.6 is 0 Å². The third-order valence-corrected chi connectivity index (χ3v) is 10.5. The molecule has 0 bridgehead atoms. The summed E-state index contributed by atoms with van der Waals surface area (Å²) < 4.78 is 37.7. The summed E-state index contributed by atoms with van der Waals surface area (Å²) in [5.74, 6) is -0.571. The molecule has 0 radical (unpaired) electrons. The number of carbonyl (C=O) groups excluding carboxylic acids is 4. The predicted octanol–water partition coefficient (Wildman–Crippen LogP) is 2.64. The summed E-state index contributed by atoms with van der Waals surface area (Å²) in [5.41, 5.74) is 7.24. The minimum Gasteiger partial charge on any atom is -0.460 e. The van der Waals surface area contributed by atoms with Crippen LogP contribution in [0.2, 0.25) is 0 Å². The average molecular weight is 772 g/mol. The Balaban J connectivity index is 0.000000177. The quantitative estimate of drug-likeness (QED) is 0.120. The van der Waals surface area contributed by atoms with Crippen LogP contribution in [0.5, 0.6) is 5.75 Å². The number of anilines is 1. The van der Waals surface area contributed by atoms with E-state index >= 15 is 0 Å². The second-order valence-corrected chi connectivity index (χ2v) is 14.1. The number of hydrogen-bond donors (Lipinski definition) is 4. The highest BCUT2D eigenvalue weighted by Gasteiger charge is 2.35. The smallest absolute Gasteiger partial charge is 0.310 e. The molecular formula is C40H42FN5O10. The average Bonchev–Trinajstić information content (AvgIpc) is 3.54. The first-order chi connectivity index (χ1) is 27.0. The second-order valence-electron chi connectivity index (χ2n) is 14.1. The maximum absolute atomic E-state index is 14.7. The predicted molar refractivity (Wildman–Crippen MR) is 199 cm³/mol. The Morgan fingerprint density at radius 1 is 1.12 bits per heavy atom. The standard InChI is InChI=1S/C23H18FN3O4.C17H24N2O6/c1-10-12-2-3-16(25-9-28)21-13-7-27-18(22(13)26-17(20(12)21)6-15(10)24)4-11-5-19(29)31-8-14(11)23(27)30;1-18-8-16(22)19-13-7-11(10-23-2)3-6-15(13)25-17-14(21)5-4-12(9-20)24-17/h4,6,9,16H,2-3,5,7-8H2,1H3,(H,25,28);3,6-7,9,12,14,17-18,21H,4-5,8,10H2,1-2H3,(H,19,22). The number of aromatic nitrogens is 2. The lowest BCUT2D eigenvalue weighted by Crippen LogP contribution is -2.43. The Bertz CT molecular complexity index is 2290. The number of halogens is 1. The molecule has 15 nitrogen and oxygen atoms in total. The molecule has 4 aromatic rings. The fraction of sp³-hybridized carbons (Fsp3) is 0.400. The molecule has 4 aliphatic rings. The van der Waals surface area contributed by atoms with Gasteiger partial charge in [-0.1, -0.05) is 6.07 Å². The van der Waals surface area contributed by atoms with Crippen LogP contribution in [0.4, 0.5) is 10.1 Å². The van der Waals surface area contributed by atoms with Crippen molar-refractivity contribution < 1.29 is 47.6 Å². The zero-order valence-corrected chi connectivity index (χ0v) is 31.1. The Labute approximate surface area is 320 Å². The maximum atomic E-state index is 14.7. The van der Waals surface area contributed by atoms with E-state index in [2.05, 4.69) is 16.0 Å². The van der Waals surface area contributed by atoms with Crippen molar-refractivity contribution in [1.29, 1.82) is 0 Å². The van der Waals surface area contributed by atoms with Crippen molar-refractivity contribution in [2.24, 2.45) is 0 Å². The first-order valence-electron chi connectivity index (χ1n) is 18.3. The van der Waals surface area contributed by atoms with E-state index in [1.807, 2.05) is 6.07 Å². The molecule has 2 aromatic heterocycles. The Morgan fingerprint density at radius 3 is 2.70 bits per heavy atom. The number of pyridine rings is 2. The van der Waals surface area contributed by atoms with Crippen LogP contribution in [0.3, 0.4) is 0 Å². The number of methoxy groups -OCH3 is 1. The zero-order chi connectivity index (χ0) is 39.7. The topological polar surface area (TPSA) is 196 Å². The number of likely N-dealkylation sites (N-methyl/N-ethyl adjacent to an activating group) is 1. The number of aliphatic hydroxyl groups is 1. The lowest BCUT2D eigenvalue weighted by Gasteiger charge is -2.32. The number of nitrogens with zero attached hydrogens (tertiary/aromatic N) is 2. The third kappa shape index (κ3) is 7.40. The van der Waals surface area contributed by atoms with Gasteiger partial charge in [0.25, 0.3) is 5.56 Å². The molecule has 4 N–H and O–H groups in total. The van der Waals surface area contributed by atoms with E-state index in [9.17, 15) is 33.5 Å². The fourth-order valence-electron chi connectivity index (χ4n) is 7.84. The van der Waals surface area contributed by atoms with Crippen molar-refractivity contribution >= 4 is 41.2 Å². The van der Waals surface area contributed by atoms with Gasteiger partial charge in [0.2, 0.25) is 18.6 Å². The number of aliphatic hydroxyl groups excluding tert-OH is 1. The van der Waals surface area contributed by atoms with Crippen LogP contribution in [0, 0.1) is 12.7 Å². The van der Waals surface area contributed by atoms with Crippen LogP contribution in [0.1, 0.15) is 64.2 Å². The molecule has 16 heteroatoms. The summed E-state index contributed by atoms with van der Waals surface area (Å²) in [6.45, 7) is 2.57. The number of aryl methyl sites for hydroxylation is 1. The molecule has 5 heterocycles. The van der Waals surface area contributed by atoms with E-state index in [1.165, 1.54) is 6.07 Å². The fourth-order valence-corrected chi connectivity index (χ4v) is 7.84. The number of benzene rings is 2. The molecule has 294 valence electrons. The number of aldehydes is 1. The monoisotopic (exact) mass is 771 g/mol. The van der Waals surface area contributed by atoms with Crippen molar-refractivity contribution in [1.82, 2.24) is 20.2 Å². The number of cyclic esters (lactones) is 1. The van der Waals surface area contributed by atoms with E-state index in [0.29, 0.717) is 96.6 Å². The van der Waals surface area contributed by atoms with Crippen LogP contribution < -0.4 is 26.2 Å². The zero-order valence-electron chi connectivity index (χ0n) is 31.1. The number of esters is 1. The normalized spacial score (nSPS) is 20.4. The van der Waals surface area contributed by atoms with Crippen molar-refractivity contribution in [3.8, 4) is 17.1 Å². The van der Waals surface area contributed by atoms with E-state index in [0.717, 1.165) is 27.6 Å². The highest BCUT2D eigenvalue weighted by atomic mass is 19.1. The molecule has 4 atom stereocenters. The van der Waals surface area contributed by atoms with Gasteiger partial charge in [0, 0.05) is 24.1 Å². The van der Waals surface area contributed by atoms with Gasteiger partial charge in [0.1, 0.15) is 36.7 Å². The number of rotatable bonds is 10. The van der Waals surface area contributed by atoms with E-state index in [-0.39, 0.29) is 48.9 Å². The lowest BCUT2D eigenvalue weighted by atomic mass is 9.82. The first-order valence-corrected chi connectivity index (χ1v) is 18.3. The van der Waals surface area contributed by atoms with Crippen LogP contribution in [-0.2, 0) is 66.0 Å². The maximum Gasteiger partial charge on any atom is 0.310 e. The Kier molecular flexibility index (Phi) is 11.3. The number of nitrogens with one attached hydrogen (secondary N) is 3. The van der Waals surface area contributed by atoms with Crippen molar-refractivity contribution in [2.75, 3.05) is 26.0 Å². The van der Waals surface area contributed by atoms with Gasteiger partial charge in [-0.25, -0.2) is 9.37 Å². The Hall–Kier alpha value is -5.55. The molecule has 8 rings (SSSR count). The van der Waals surface area contributed by atoms with Gasteiger partial charge in [0.05, 0.1) is 60.3 Å². The number of carbonyl (C=O) groups is 4. The summed E-state index contributed by atoms with van der Waals surface area (Å²) in [6, 6.07) is 8.21. The molecule has 0 saturated carbocycles. The lowest BCUT2D eigenvalue weighted by molar-refractivity contribution is -0.197. The van der Waals surface area contributed by atoms with Crippen LogP contribution in [0.25, 0.3) is 22.3 Å². The van der Waals surface area contributed by atoms with Crippen LogP contribution in [-0.4, -0.2) is 78.4 Å². The molecule has 4 unspecified atom stereocenters. The largest absolute Gasteiger partial charge is 0.460 e. The number of fused-ring (bicyclic) bond motifs is 5. The summed E-state index contributed by atoms with van der Waals surface area (Å²) in [5, 5.41) is 19.3. The molecule has 3 aliphatic heterocycles. The number of hydrogen-bond acceptors (Lipinski definition) is 12. The number of amides is 2. The molecule has 1 fully saturated rings. The minimum absolute atomic E-state index is 0.0320. The second kappa shape index (κ2) is 16.3. The first kappa shape index (κ1) is 38.7. The highest BCUT2D eigenvalue weighted by molar-refractivity contribution is 5.94. The van der Waals surface area contributed by atoms with Crippen LogP contribution in [0.15, 0.2) is 35.1 Å². The van der Waals surface area contributed by atoms with Gasteiger partial charge >= 0.3 is 5.97 Å². The van der Waals surface area contributed by atoms with Gasteiger partial charge < -0.3 is 49.4 Å². The molecule has 1 saturated heterocycles. The summed E-state index contributed by atoms with van der Waals surface area (Å²) in [7, 11) is 3.25. The van der Waals surface area contributed by atoms with E-state index in [1.54, 1.807) is 43.8 Å². The van der Waals surface area contributed by atoms with Gasteiger partial charge in [-0.2, -0.15) is 0 Å². The third-order valence-electron chi connectivity index (χ3n) is 10.5. The highest BCUT2D eigenvalue weighted by Crippen LogP contribution is 2.44. The molecule has 2 aromatic carbocycles. The van der Waals surface area contributed by atoms with Crippen molar-refractivity contribution in [2.45, 2.75) is 83.3 Å². The van der Waals surface area contributed by atoms with Gasteiger partial charge in [-0.05, 0) is 85.7 Å². The summed E-state index contributed by atoms with van der Waals surface area (Å²) >= 11 is 0. The molecule has 0 spiro atoms. The van der Waals surface area contributed by atoms with E-state index < -0.39 is 18.5 Å². The molecule has 1 aliphatic carbocycles. The summed E-state index contributed by atoms with van der Waals surface area (Å²) in [4.78, 5) is 63.9. The SMILES string of the molecule is CNCC(=O)Nc1cc(COC)ccc1OC1OC(C=O)CCC1O.Cc1c(F)cc2nc3c(c4c2c1CCC4NC=O)Cn1c-3cc2c(c1=O)COC(=O)C2. The van der Waals surface area contributed by atoms with Crippen molar-refractivity contribution in [3.05, 3.63) is 85.4 Å². The van der Waals surface area contributed by atoms with Gasteiger partial charge in [-0.15, -0.1) is 0 Å². The van der Waals surface area contributed by atoms with Gasteiger partial charge in [-0.3, -0.25) is 19.2 Å². The molecule has 56 heavy (non-hydrogen) atoms. The number of ether oxygens (including phenoxy) is 4. The van der Waals surface area contributed by atoms with E-state index in [4.69, 9.17) is 23.9 Å².